The number of hydrogen-bond donors (Lipinski definition) is 1. The minimum absolute atomic E-state index is 0.208. The lowest BCUT2D eigenvalue weighted by Crippen LogP contribution is -2.33. The maximum atomic E-state index is 12.1. The molecule has 0 spiro atoms. The largest absolute Gasteiger partial charge is 0.350 e. The fraction of sp³-hybridized carbons (Fsp3) is 0.562. The number of likely N-dealkylation sites (N-methyl/N-ethyl adjacent to an activating group) is 1. The molecule has 0 aliphatic carbocycles. The quantitative estimate of drug-likeness (QED) is 0.863. The van der Waals surface area contributed by atoms with Crippen LogP contribution in [0.15, 0.2) is 18.2 Å². The lowest BCUT2D eigenvalue weighted by molar-refractivity contribution is -0.186. The van der Waals surface area contributed by atoms with Crippen LogP contribution in [0.2, 0.25) is 0 Å². The molecule has 21 heavy (non-hydrogen) atoms. The van der Waals surface area contributed by atoms with Crippen molar-refractivity contribution in [2.24, 2.45) is 0 Å². The van der Waals surface area contributed by atoms with Gasteiger partial charge in [-0.15, -0.1) is 0 Å². The molecule has 2 aliphatic heterocycles. The monoisotopic (exact) mass is 290 g/mol. The van der Waals surface area contributed by atoms with Crippen LogP contribution >= 0.6 is 0 Å². The van der Waals surface area contributed by atoms with Crippen molar-refractivity contribution < 1.29 is 14.4 Å². The number of benzene rings is 1. The van der Waals surface area contributed by atoms with Gasteiger partial charge in [0.05, 0.1) is 0 Å². The van der Waals surface area contributed by atoms with Gasteiger partial charge in [0.2, 0.25) is 0 Å². The van der Waals surface area contributed by atoms with Crippen molar-refractivity contribution in [1.29, 1.82) is 0 Å². The third-order valence-corrected chi connectivity index (χ3v) is 4.09. The van der Waals surface area contributed by atoms with Gasteiger partial charge in [-0.2, -0.15) is 0 Å². The number of nitrogens with one attached hydrogen (secondary N) is 1. The number of nitrogens with zero attached hydrogens (tertiary/aromatic N) is 1. The molecule has 114 valence electrons. The van der Waals surface area contributed by atoms with Crippen molar-refractivity contribution in [3.8, 4) is 0 Å². The second kappa shape index (κ2) is 6.56. The second-order valence-electron chi connectivity index (χ2n) is 5.82. The number of hydroxylamine groups is 1. The SMILES string of the molecule is CN1CCc2ccc(C(=O)NOC3CCCCO3)cc2C1. The van der Waals surface area contributed by atoms with Gasteiger partial charge in [0.25, 0.3) is 5.91 Å². The summed E-state index contributed by atoms with van der Waals surface area (Å²) in [6, 6.07) is 5.88. The molecule has 5 heteroatoms. The zero-order valence-electron chi connectivity index (χ0n) is 12.4. The number of rotatable bonds is 3. The van der Waals surface area contributed by atoms with E-state index in [1.165, 1.54) is 11.1 Å². The number of hydrogen-bond acceptors (Lipinski definition) is 4. The highest BCUT2D eigenvalue weighted by atomic mass is 16.8. The second-order valence-corrected chi connectivity index (χ2v) is 5.82. The molecule has 1 fully saturated rings. The minimum Gasteiger partial charge on any atom is -0.350 e. The number of ether oxygens (including phenoxy) is 1. The standard InChI is InChI=1S/C16H22N2O3/c1-18-8-7-12-5-6-13(10-14(12)11-18)16(19)17-21-15-4-2-3-9-20-15/h5-6,10,15H,2-4,7-9,11H2,1H3,(H,17,19). The number of fused-ring (bicyclic) bond motifs is 1. The summed E-state index contributed by atoms with van der Waals surface area (Å²) in [5.41, 5.74) is 5.71. The first-order valence-electron chi connectivity index (χ1n) is 7.60. The van der Waals surface area contributed by atoms with E-state index in [9.17, 15) is 4.79 Å². The van der Waals surface area contributed by atoms with Gasteiger partial charge in [0, 0.05) is 31.7 Å². The molecule has 1 unspecified atom stereocenters. The van der Waals surface area contributed by atoms with Gasteiger partial charge in [-0.05, 0) is 49.6 Å². The summed E-state index contributed by atoms with van der Waals surface area (Å²) >= 11 is 0. The van der Waals surface area contributed by atoms with E-state index in [1.54, 1.807) is 0 Å². The van der Waals surface area contributed by atoms with Gasteiger partial charge < -0.3 is 9.64 Å². The zero-order chi connectivity index (χ0) is 14.7. The molecule has 3 rings (SSSR count). The molecular formula is C16H22N2O3. The molecule has 2 heterocycles. The van der Waals surface area contributed by atoms with Crippen LogP contribution in [-0.2, 0) is 22.5 Å². The Morgan fingerprint density at radius 2 is 2.29 bits per heavy atom. The Hall–Kier alpha value is -1.43. The third kappa shape index (κ3) is 3.61. The lowest BCUT2D eigenvalue weighted by atomic mass is 9.97. The van der Waals surface area contributed by atoms with Crippen LogP contribution in [0.3, 0.4) is 0 Å². The molecule has 0 saturated carbocycles. The van der Waals surface area contributed by atoms with Gasteiger partial charge in [-0.3, -0.25) is 4.79 Å². The zero-order valence-corrected chi connectivity index (χ0v) is 12.4. The molecule has 1 amide bonds. The summed E-state index contributed by atoms with van der Waals surface area (Å²) in [7, 11) is 2.10. The molecule has 2 aliphatic rings. The van der Waals surface area contributed by atoms with E-state index in [0.29, 0.717) is 12.2 Å². The summed E-state index contributed by atoms with van der Waals surface area (Å²) in [6.07, 6.45) is 3.69. The molecule has 0 aromatic heterocycles. The molecule has 1 saturated heterocycles. The van der Waals surface area contributed by atoms with E-state index in [1.807, 2.05) is 18.2 Å². The number of carbonyl (C=O) groups excluding carboxylic acids is 1. The average Bonchev–Trinajstić information content (AvgIpc) is 2.53. The van der Waals surface area contributed by atoms with Gasteiger partial charge in [-0.1, -0.05) is 6.07 Å². The summed E-state index contributed by atoms with van der Waals surface area (Å²) in [6.45, 7) is 2.66. The van der Waals surface area contributed by atoms with Crippen LogP contribution in [0.4, 0.5) is 0 Å². The predicted molar refractivity (Wildman–Crippen MR) is 78.6 cm³/mol. The average molecular weight is 290 g/mol. The fourth-order valence-corrected chi connectivity index (χ4v) is 2.82. The lowest BCUT2D eigenvalue weighted by Gasteiger charge is -2.25. The maximum absolute atomic E-state index is 12.1. The first kappa shape index (κ1) is 14.5. The van der Waals surface area contributed by atoms with Crippen molar-refractivity contribution >= 4 is 5.91 Å². The molecule has 1 atom stereocenters. The summed E-state index contributed by atoms with van der Waals surface area (Å²) in [5, 5.41) is 0. The fourth-order valence-electron chi connectivity index (χ4n) is 2.82. The molecule has 1 N–H and O–H groups in total. The van der Waals surface area contributed by atoms with Crippen LogP contribution in [0, 0.1) is 0 Å². The van der Waals surface area contributed by atoms with E-state index in [0.717, 1.165) is 38.8 Å². The van der Waals surface area contributed by atoms with E-state index in [-0.39, 0.29) is 12.2 Å². The molecule has 0 bridgehead atoms. The number of amides is 1. The minimum atomic E-state index is -0.313. The maximum Gasteiger partial charge on any atom is 0.274 e. The molecular weight excluding hydrogens is 268 g/mol. The Labute approximate surface area is 125 Å². The van der Waals surface area contributed by atoms with E-state index >= 15 is 0 Å². The van der Waals surface area contributed by atoms with Crippen LogP contribution in [0.25, 0.3) is 0 Å². The highest BCUT2D eigenvalue weighted by Gasteiger charge is 2.18. The Bertz CT molecular complexity index is 512. The van der Waals surface area contributed by atoms with E-state index in [2.05, 4.69) is 17.4 Å². The van der Waals surface area contributed by atoms with Crippen LogP contribution in [0.5, 0.6) is 0 Å². The van der Waals surface area contributed by atoms with Crippen molar-refractivity contribution in [2.75, 3.05) is 20.2 Å². The van der Waals surface area contributed by atoms with Crippen LogP contribution < -0.4 is 5.48 Å². The Balaban J connectivity index is 1.60. The van der Waals surface area contributed by atoms with Crippen molar-refractivity contribution in [3.05, 3.63) is 34.9 Å². The predicted octanol–water partition coefficient (Wildman–Crippen LogP) is 1.86. The normalized spacial score (nSPS) is 22.6. The molecule has 1 aromatic rings. The van der Waals surface area contributed by atoms with Crippen molar-refractivity contribution in [2.45, 2.75) is 38.5 Å². The van der Waals surface area contributed by atoms with Crippen LogP contribution in [-0.4, -0.2) is 37.3 Å². The van der Waals surface area contributed by atoms with Crippen LogP contribution in [0.1, 0.15) is 40.7 Å². The van der Waals surface area contributed by atoms with Gasteiger partial charge in [0.1, 0.15) is 0 Å². The Kier molecular flexibility index (Phi) is 4.53. The molecule has 0 radical (unpaired) electrons. The first-order valence-corrected chi connectivity index (χ1v) is 7.60. The van der Waals surface area contributed by atoms with E-state index < -0.39 is 0 Å². The highest BCUT2D eigenvalue weighted by molar-refractivity contribution is 5.93. The smallest absolute Gasteiger partial charge is 0.274 e. The Morgan fingerprint density at radius 3 is 3.10 bits per heavy atom. The summed E-state index contributed by atoms with van der Waals surface area (Å²) < 4.78 is 5.43. The Morgan fingerprint density at radius 1 is 1.38 bits per heavy atom. The van der Waals surface area contributed by atoms with Crippen molar-refractivity contribution in [1.82, 2.24) is 10.4 Å². The highest BCUT2D eigenvalue weighted by Crippen LogP contribution is 2.19. The van der Waals surface area contributed by atoms with Gasteiger partial charge >= 0.3 is 0 Å². The van der Waals surface area contributed by atoms with Gasteiger partial charge in [0.15, 0.2) is 6.29 Å². The van der Waals surface area contributed by atoms with E-state index in [4.69, 9.17) is 9.57 Å². The molecule has 5 nitrogen and oxygen atoms in total. The van der Waals surface area contributed by atoms with Crippen molar-refractivity contribution in [3.63, 3.8) is 0 Å². The number of carbonyl (C=O) groups is 1. The topological polar surface area (TPSA) is 50.8 Å². The summed E-state index contributed by atoms with van der Waals surface area (Å²) in [5.74, 6) is -0.208. The first-order chi connectivity index (χ1) is 10.2. The summed E-state index contributed by atoms with van der Waals surface area (Å²) in [4.78, 5) is 19.7. The third-order valence-electron chi connectivity index (χ3n) is 4.09. The molecule has 1 aromatic carbocycles. The van der Waals surface area contributed by atoms with Gasteiger partial charge in [-0.25, -0.2) is 10.3 Å².